The minimum Gasteiger partial charge on any atom is -0.322 e. The fourth-order valence-electron chi connectivity index (χ4n) is 3.72. The van der Waals surface area contributed by atoms with Gasteiger partial charge in [0.05, 0.1) is 17.7 Å². The number of hydrogen-bond donors (Lipinski definition) is 1. The molecule has 0 bridgehead atoms. The van der Waals surface area contributed by atoms with Crippen LogP contribution in [0.5, 0.6) is 0 Å². The summed E-state index contributed by atoms with van der Waals surface area (Å²) in [5, 5.41) is 4.96. The standard InChI is InChI=1S/C25H17N3O3/c29-23(27-20-7-5-17-3-1-2-4-18(17)13-20)19-6-8-21-22(14-19)25(31)28(24(21)30)15-16-9-11-26-12-10-16/h1-14H,15H2,(H,27,29). The highest BCUT2D eigenvalue weighted by Gasteiger charge is 2.36. The average molecular weight is 407 g/mol. The number of fused-ring (bicyclic) bond motifs is 2. The summed E-state index contributed by atoms with van der Waals surface area (Å²) in [6.07, 6.45) is 3.23. The molecular formula is C25H17N3O3. The number of carbonyl (C=O) groups is 3. The lowest BCUT2D eigenvalue weighted by molar-refractivity contribution is 0.0642. The van der Waals surface area contributed by atoms with E-state index in [4.69, 9.17) is 0 Å². The number of carbonyl (C=O) groups excluding carboxylic acids is 3. The number of amides is 3. The van der Waals surface area contributed by atoms with E-state index in [0.29, 0.717) is 16.8 Å². The maximum absolute atomic E-state index is 12.8. The zero-order chi connectivity index (χ0) is 21.4. The van der Waals surface area contributed by atoms with E-state index in [1.54, 1.807) is 30.6 Å². The maximum atomic E-state index is 12.8. The molecule has 0 unspecified atom stereocenters. The smallest absolute Gasteiger partial charge is 0.261 e. The number of aromatic nitrogens is 1. The first kappa shape index (κ1) is 18.7. The second-order valence-electron chi connectivity index (χ2n) is 7.33. The van der Waals surface area contributed by atoms with Gasteiger partial charge in [0.1, 0.15) is 0 Å². The van der Waals surface area contributed by atoms with E-state index < -0.39 is 5.91 Å². The van der Waals surface area contributed by atoms with Crippen molar-refractivity contribution in [1.82, 2.24) is 9.88 Å². The zero-order valence-electron chi connectivity index (χ0n) is 16.4. The molecule has 1 aromatic heterocycles. The third kappa shape index (κ3) is 3.44. The summed E-state index contributed by atoms with van der Waals surface area (Å²) in [5.74, 6) is -1.11. The van der Waals surface area contributed by atoms with Gasteiger partial charge < -0.3 is 5.32 Å². The normalized spacial score (nSPS) is 12.8. The van der Waals surface area contributed by atoms with Crippen LogP contribution in [0.4, 0.5) is 5.69 Å². The number of pyridine rings is 1. The first-order valence-electron chi connectivity index (χ1n) is 9.79. The Balaban J connectivity index is 1.38. The Labute approximate surface area is 178 Å². The van der Waals surface area contributed by atoms with Crippen LogP contribution in [-0.4, -0.2) is 27.6 Å². The minimum absolute atomic E-state index is 0.160. The zero-order valence-corrected chi connectivity index (χ0v) is 16.4. The van der Waals surface area contributed by atoms with Gasteiger partial charge in [0, 0.05) is 23.6 Å². The second kappa shape index (κ2) is 7.50. The minimum atomic E-state index is -0.405. The molecule has 1 N–H and O–H groups in total. The Morgan fingerprint density at radius 2 is 1.55 bits per heavy atom. The maximum Gasteiger partial charge on any atom is 0.261 e. The predicted octanol–water partition coefficient (Wildman–Crippen LogP) is 4.28. The van der Waals surface area contributed by atoms with Crippen molar-refractivity contribution in [3.05, 3.63) is 107 Å². The van der Waals surface area contributed by atoms with Crippen LogP contribution in [0.25, 0.3) is 10.8 Å². The molecule has 0 saturated heterocycles. The number of anilines is 1. The van der Waals surface area contributed by atoms with Gasteiger partial charge in [-0.1, -0.05) is 30.3 Å². The number of rotatable bonds is 4. The fraction of sp³-hybridized carbons (Fsp3) is 0.0400. The molecule has 5 rings (SSSR count). The van der Waals surface area contributed by atoms with Gasteiger partial charge in [0.2, 0.25) is 0 Å². The first-order chi connectivity index (χ1) is 15.1. The summed E-state index contributed by atoms with van der Waals surface area (Å²) in [5.41, 5.74) is 2.33. The highest BCUT2D eigenvalue weighted by Crippen LogP contribution is 2.26. The summed E-state index contributed by atoms with van der Waals surface area (Å²) in [7, 11) is 0. The van der Waals surface area contributed by atoms with Crippen molar-refractivity contribution in [3.63, 3.8) is 0 Å². The number of imide groups is 1. The van der Waals surface area contributed by atoms with Gasteiger partial charge in [0.25, 0.3) is 17.7 Å². The molecule has 31 heavy (non-hydrogen) atoms. The largest absolute Gasteiger partial charge is 0.322 e. The van der Waals surface area contributed by atoms with Gasteiger partial charge in [0.15, 0.2) is 0 Å². The Bertz CT molecular complexity index is 1350. The van der Waals surface area contributed by atoms with Crippen LogP contribution in [-0.2, 0) is 6.54 Å². The number of nitrogens with one attached hydrogen (secondary N) is 1. The van der Waals surface area contributed by atoms with Gasteiger partial charge in [-0.05, 0) is 58.8 Å². The molecular weight excluding hydrogens is 390 g/mol. The topological polar surface area (TPSA) is 79.4 Å². The molecule has 0 saturated carbocycles. The molecule has 0 radical (unpaired) electrons. The Hall–Kier alpha value is -4.32. The van der Waals surface area contributed by atoms with Crippen LogP contribution in [0.1, 0.15) is 36.6 Å². The predicted molar refractivity (Wildman–Crippen MR) is 117 cm³/mol. The molecule has 0 spiro atoms. The Morgan fingerprint density at radius 3 is 2.35 bits per heavy atom. The van der Waals surface area contributed by atoms with E-state index in [9.17, 15) is 14.4 Å². The van der Waals surface area contributed by atoms with Gasteiger partial charge in [-0.2, -0.15) is 0 Å². The molecule has 0 atom stereocenters. The van der Waals surface area contributed by atoms with Crippen molar-refractivity contribution in [2.75, 3.05) is 5.32 Å². The lowest BCUT2D eigenvalue weighted by Crippen LogP contribution is -2.29. The van der Waals surface area contributed by atoms with Crippen molar-refractivity contribution >= 4 is 34.2 Å². The third-order valence-corrected chi connectivity index (χ3v) is 5.33. The quantitative estimate of drug-likeness (QED) is 0.512. The van der Waals surface area contributed by atoms with E-state index in [0.717, 1.165) is 16.3 Å². The van der Waals surface area contributed by atoms with E-state index in [-0.39, 0.29) is 23.9 Å². The monoisotopic (exact) mass is 407 g/mol. The van der Waals surface area contributed by atoms with Gasteiger partial charge in [-0.25, -0.2) is 0 Å². The first-order valence-corrected chi connectivity index (χ1v) is 9.79. The molecule has 6 heteroatoms. The molecule has 6 nitrogen and oxygen atoms in total. The van der Waals surface area contributed by atoms with Crippen LogP contribution in [0.3, 0.4) is 0 Å². The molecule has 1 aliphatic heterocycles. The molecule has 4 aromatic rings. The highest BCUT2D eigenvalue weighted by molar-refractivity contribution is 6.22. The molecule has 3 amide bonds. The molecule has 0 aliphatic carbocycles. The molecule has 0 fully saturated rings. The van der Waals surface area contributed by atoms with Crippen molar-refractivity contribution in [3.8, 4) is 0 Å². The number of nitrogens with zero attached hydrogens (tertiary/aromatic N) is 2. The van der Waals surface area contributed by atoms with Crippen molar-refractivity contribution in [2.45, 2.75) is 6.54 Å². The van der Waals surface area contributed by atoms with E-state index >= 15 is 0 Å². The summed E-state index contributed by atoms with van der Waals surface area (Å²) in [6.45, 7) is 0.160. The van der Waals surface area contributed by atoms with Crippen LogP contribution in [0.15, 0.2) is 85.2 Å². The van der Waals surface area contributed by atoms with Crippen LogP contribution in [0.2, 0.25) is 0 Å². The summed E-state index contributed by atoms with van der Waals surface area (Å²) in [6, 6.07) is 21.6. The molecule has 2 heterocycles. The number of benzene rings is 3. The van der Waals surface area contributed by atoms with Crippen LogP contribution in [0, 0.1) is 0 Å². The van der Waals surface area contributed by atoms with Crippen molar-refractivity contribution < 1.29 is 14.4 Å². The van der Waals surface area contributed by atoms with Gasteiger partial charge >= 0.3 is 0 Å². The number of hydrogen-bond acceptors (Lipinski definition) is 4. The SMILES string of the molecule is O=C(Nc1ccc2ccccc2c1)c1ccc2c(c1)C(=O)N(Cc1ccncc1)C2=O. The molecule has 1 aliphatic rings. The molecule has 3 aromatic carbocycles. The highest BCUT2D eigenvalue weighted by atomic mass is 16.2. The van der Waals surface area contributed by atoms with E-state index in [2.05, 4.69) is 10.3 Å². The van der Waals surface area contributed by atoms with Gasteiger partial charge in [-0.3, -0.25) is 24.3 Å². The van der Waals surface area contributed by atoms with Crippen LogP contribution >= 0.6 is 0 Å². The summed E-state index contributed by atoms with van der Waals surface area (Å²) >= 11 is 0. The summed E-state index contributed by atoms with van der Waals surface area (Å²) < 4.78 is 0. The van der Waals surface area contributed by atoms with Gasteiger partial charge in [-0.15, -0.1) is 0 Å². The van der Waals surface area contributed by atoms with Crippen molar-refractivity contribution in [2.24, 2.45) is 0 Å². The molecule has 150 valence electrons. The second-order valence-corrected chi connectivity index (χ2v) is 7.33. The van der Waals surface area contributed by atoms with Crippen LogP contribution < -0.4 is 5.32 Å². The lowest BCUT2D eigenvalue weighted by atomic mass is 10.0. The Kier molecular flexibility index (Phi) is 4.52. The lowest BCUT2D eigenvalue weighted by Gasteiger charge is -2.13. The summed E-state index contributed by atoms with van der Waals surface area (Å²) in [4.78, 5) is 43.5. The van der Waals surface area contributed by atoms with Crippen molar-refractivity contribution in [1.29, 1.82) is 0 Å². The fourth-order valence-corrected chi connectivity index (χ4v) is 3.72. The van der Waals surface area contributed by atoms with E-state index in [1.165, 1.54) is 17.0 Å². The third-order valence-electron chi connectivity index (χ3n) is 5.33. The Morgan fingerprint density at radius 1 is 0.806 bits per heavy atom. The average Bonchev–Trinajstić information content (AvgIpc) is 3.04. The van der Waals surface area contributed by atoms with E-state index in [1.807, 2.05) is 42.5 Å².